The fourth-order valence-corrected chi connectivity index (χ4v) is 7.31. The van der Waals surface area contributed by atoms with Gasteiger partial charge in [0, 0.05) is 17.5 Å². The van der Waals surface area contributed by atoms with Crippen molar-refractivity contribution in [2.24, 2.45) is 5.92 Å². The van der Waals surface area contributed by atoms with Crippen LogP contribution in [0.15, 0.2) is 65.1 Å². The first-order chi connectivity index (χ1) is 21.9. The van der Waals surface area contributed by atoms with Crippen LogP contribution in [-0.4, -0.2) is 27.3 Å². The van der Waals surface area contributed by atoms with E-state index in [1.807, 2.05) is 24.3 Å². The minimum Gasteiger partial charge on any atom is -0.457 e. The number of alkyl halides is 2. The van der Waals surface area contributed by atoms with E-state index < -0.39 is 22.4 Å². The maximum Gasteiger partial charge on any atom is 0.240 e. The summed E-state index contributed by atoms with van der Waals surface area (Å²) < 4.78 is 62.9. The van der Waals surface area contributed by atoms with Gasteiger partial charge in [-0.1, -0.05) is 58.8 Å². The topological polar surface area (TPSA) is 103 Å². The summed E-state index contributed by atoms with van der Waals surface area (Å²) in [4.78, 5) is 0.128. The second-order valence-corrected chi connectivity index (χ2v) is 14.9. The Morgan fingerprint density at radius 3 is 2.30 bits per heavy atom. The zero-order chi connectivity index (χ0) is 33.2. The minimum absolute atomic E-state index is 0.115. The van der Waals surface area contributed by atoms with Gasteiger partial charge < -0.3 is 4.74 Å². The van der Waals surface area contributed by atoms with Gasteiger partial charge in [-0.2, -0.15) is 10.5 Å². The molecule has 2 aliphatic rings. The summed E-state index contributed by atoms with van der Waals surface area (Å²) >= 11 is 0. The molecule has 2 atom stereocenters. The first kappa shape index (κ1) is 33.3. The van der Waals surface area contributed by atoms with Crippen LogP contribution in [0.1, 0.15) is 88.5 Å². The lowest BCUT2D eigenvalue weighted by molar-refractivity contribution is 0.199. The molecule has 0 spiro atoms. The molecule has 0 amide bonds. The van der Waals surface area contributed by atoms with Crippen molar-refractivity contribution in [3.05, 3.63) is 82.4 Å². The summed E-state index contributed by atoms with van der Waals surface area (Å²) in [6.45, 7) is 8.61. The third-order valence-electron chi connectivity index (χ3n) is 8.84. The van der Waals surface area contributed by atoms with E-state index in [0.29, 0.717) is 40.8 Å². The van der Waals surface area contributed by atoms with Gasteiger partial charge in [0.2, 0.25) is 10.0 Å². The summed E-state index contributed by atoms with van der Waals surface area (Å²) in [7, 11) is -3.68. The van der Waals surface area contributed by atoms with Crippen LogP contribution in [0, 0.1) is 28.6 Å². The SMILES string of the molecule is CCCCCNS(=O)(=O)c1ccc(Oc2cc(C(C)(C)C)cc3cc(C#N)c(C#N)c(C4=CC(C5CC(F)C(F)C5)=CC4)c23)cc1. The molecule has 9 heteroatoms. The van der Waals surface area contributed by atoms with Crippen LogP contribution in [0.5, 0.6) is 11.5 Å². The Morgan fingerprint density at radius 1 is 1.00 bits per heavy atom. The molecule has 0 saturated heterocycles. The fourth-order valence-electron chi connectivity index (χ4n) is 6.24. The first-order valence-electron chi connectivity index (χ1n) is 15.8. The molecule has 0 radical (unpaired) electrons. The number of fused-ring (bicyclic) bond motifs is 1. The molecule has 6 nitrogen and oxygen atoms in total. The smallest absolute Gasteiger partial charge is 0.240 e. The van der Waals surface area contributed by atoms with Crippen molar-refractivity contribution in [3.63, 3.8) is 0 Å². The van der Waals surface area contributed by atoms with Gasteiger partial charge in [0.1, 0.15) is 36.0 Å². The molecular formula is C37H39F2N3O3S. The van der Waals surface area contributed by atoms with E-state index in [1.165, 1.54) is 12.1 Å². The van der Waals surface area contributed by atoms with Gasteiger partial charge in [0.05, 0.1) is 16.0 Å². The number of allylic oxidation sites excluding steroid dienone is 4. The number of sulfonamides is 1. The molecule has 1 fully saturated rings. The van der Waals surface area contributed by atoms with Crippen molar-refractivity contribution in [1.29, 1.82) is 10.5 Å². The molecule has 3 aromatic rings. The molecule has 3 aromatic carbocycles. The molecule has 1 N–H and O–H groups in total. The molecule has 5 rings (SSSR count). The average Bonchev–Trinajstić information content (AvgIpc) is 3.64. The van der Waals surface area contributed by atoms with Gasteiger partial charge in [-0.25, -0.2) is 21.9 Å². The molecule has 0 bridgehead atoms. The Hall–Kier alpha value is -4.05. The molecule has 0 aliphatic heterocycles. The predicted molar refractivity (Wildman–Crippen MR) is 177 cm³/mol. The number of nitriles is 2. The van der Waals surface area contributed by atoms with Gasteiger partial charge in [-0.05, 0) is 95.5 Å². The summed E-state index contributed by atoms with van der Waals surface area (Å²) in [5.41, 5.74) is 3.26. The van der Waals surface area contributed by atoms with E-state index in [9.17, 15) is 27.7 Å². The van der Waals surface area contributed by atoms with E-state index in [4.69, 9.17) is 4.74 Å². The van der Waals surface area contributed by atoms with Gasteiger partial charge in [-0.15, -0.1) is 0 Å². The highest BCUT2D eigenvalue weighted by atomic mass is 32.2. The lowest BCUT2D eigenvalue weighted by Crippen LogP contribution is -2.24. The molecule has 0 aromatic heterocycles. The quantitative estimate of drug-likeness (QED) is 0.222. The van der Waals surface area contributed by atoms with Crippen LogP contribution in [-0.2, 0) is 15.4 Å². The van der Waals surface area contributed by atoms with Gasteiger partial charge in [0.15, 0.2) is 0 Å². The van der Waals surface area contributed by atoms with Crippen LogP contribution in [0.2, 0.25) is 0 Å². The second kappa shape index (κ2) is 13.4. The summed E-state index contributed by atoms with van der Waals surface area (Å²) in [5, 5.41) is 21.7. The van der Waals surface area contributed by atoms with Crippen LogP contribution in [0.3, 0.4) is 0 Å². The van der Waals surface area contributed by atoms with Crippen LogP contribution < -0.4 is 9.46 Å². The monoisotopic (exact) mass is 643 g/mol. The number of nitrogens with one attached hydrogen (secondary N) is 1. The third-order valence-corrected chi connectivity index (χ3v) is 10.3. The van der Waals surface area contributed by atoms with Crippen molar-refractivity contribution in [2.45, 2.75) is 88.9 Å². The van der Waals surface area contributed by atoms with Crippen molar-refractivity contribution < 1.29 is 21.9 Å². The molecule has 2 unspecified atom stereocenters. The van der Waals surface area contributed by atoms with E-state index in [2.05, 4.69) is 44.6 Å². The average molecular weight is 644 g/mol. The first-order valence-corrected chi connectivity index (χ1v) is 17.3. The Kier molecular flexibility index (Phi) is 9.67. The number of unbranched alkanes of at least 4 members (excludes halogenated alkanes) is 2. The molecule has 46 heavy (non-hydrogen) atoms. The number of halogens is 2. The summed E-state index contributed by atoms with van der Waals surface area (Å²) in [6.07, 6.45) is 4.23. The van der Waals surface area contributed by atoms with Crippen LogP contribution in [0.25, 0.3) is 16.3 Å². The van der Waals surface area contributed by atoms with Crippen molar-refractivity contribution >= 4 is 26.4 Å². The number of benzene rings is 3. The highest BCUT2D eigenvalue weighted by Crippen LogP contribution is 2.46. The van der Waals surface area contributed by atoms with Crippen molar-refractivity contribution in [1.82, 2.24) is 4.72 Å². The normalized spacial score (nSPS) is 19.9. The van der Waals surface area contributed by atoms with Crippen LogP contribution in [0.4, 0.5) is 8.78 Å². The number of ether oxygens (including phenoxy) is 1. The summed E-state index contributed by atoms with van der Waals surface area (Å²) in [6, 6.07) is 16.2. The molecule has 240 valence electrons. The Labute approximate surface area is 270 Å². The van der Waals surface area contributed by atoms with E-state index in [-0.39, 0.29) is 40.2 Å². The fraction of sp³-hybridized carbons (Fsp3) is 0.405. The van der Waals surface area contributed by atoms with E-state index >= 15 is 0 Å². The second-order valence-electron chi connectivity index (χ2n) is 13.2. The zero-order valence-corrected chi connectivity index (χ0v) is 27.5. The molecule has 2 aliphatic carbocycles. The number of nitrogens with zero attached hydrogens (tertiary/aromatic N) is 2. The molecular weight excluding hydrogens is 604 g/mol. The van der Waals surface area contributed by atoms with Crippen LogP contribution >= 0.6 is 0 Å². The maximum atomic E-state index is 14.1. The predicted octanol–water partition coefficient (Wildman–Crippen LogP) is 8.94. The molecule has 0 heterocycles. The largest absolute Gasteiger partial charge is 0.457 e. The highest BCUT2D eigenvalue weighted by Gasteiger charge is 2.37. The van der Waals surface area contributed by atoms with Crippen molar-refractivity contribution in [3.8, 4) is 23.6 Å². The third kappa shape index (κ3) is 6.87. The standard InChI is InChI=1S/C37H39F2N3O3S/c1-5-6-7-14-42-46(43,44)30-12-10-29(11-13-30)45-34-20-28(37(2,3)4)17-26-16-27(21-40)31(22-41)35(36(26)34)24-9-8-23(15-24)25-18-32(38)33(39)19-25/h8,10-13,15-17,20,25,32-33,42H,5-7,9,14,18-19H2,1-4H3. The number of hydrogen-bond acceptors (Lipinski definition) is 5. The van der Waals surface area contributed by atoms with E-state index in [1.54, 1.807) is 18.2 Å². The van der Waals surface area contributed by atoms with Gasteiger partial charge in [-0.3, -0.25) is 0 Å². The highest BCUT2D eigenvalue weighted by molar-refractivity contribution is 7.89. The zero-order valence-electron chi connectivity index (χ0n) is 26.7. The van der Waals surface area contributed by atoms with Gasteiger partial charge in [0.25, 0.3) is 0 Å². The minimum atomic E-state index is -3.68. The summed E-state index contributed by atoms with van der Waals surface area (Å²) in [5.74, 6) is 0.603. The number of rotatable bonds is 10. The Morgan fingerprint density at radius 2 is 1.70 bits per heavy atom. The van der Waals surface area contributed by atoms with E-state index in [0.717, 1.165) is 36.0 Å². The molecule has 1 saturated carbocycles. The van der Waals surface area contributed by atoms with Crippen molar-refractivity contribution in [2.75, 3.05) is 6.54 Å². The Balaban J connectivity index is 1.61. The Bertz CT molecular complexity index is 1890. The number of hydrogen-bond donors (Lipinski definition) is 1. The van der Waals surface area contributed by atoms with Gasteiger partial charge >= 0.3 is 0 Å². The maximum absolute atomic E-state index is 14.1. The lowest BCUT2D eigenvalue weighted by atomic mass is 9.83. The lowest BCUT2D eigenvalue weighted by Gasteiger charge is -2.23.